The van der Waals surface area contributed by atoms with Gasteiger partial charge in [-0.25, -0.2) is 0 Å². The van der Waals surface area contributed by atoms with Crippen LogP contribution in [-0.2, 0) is 13.1 Å². The highest BCUT2D eigenvalue weighted by atomic mass is 14.9. The van der Waals surface area contributed by atoms with Gasteiger partial charge in [0.2, 0.25) is 0 Å². The summed E-state index contributed by atoms with van der Waals surface area (Å²) in [6, 6.07) is 7.13. The number of hydrogen-bond donors (Lipinski definition) is 3. The third kappa shape index (κ3) is 1.84. The van der Waals surface area contributed by atoms with Crippen molar-refractivity contribution in [2.75, 3.05) is 0 Å². The topological polar surface area (TPSA) is 53.8 Å². The average Bonchev–Trinajstić information content (AvgIpc) is 3.06. The van der Waals surface area contributed by atoms with Crippen molar-refractivity contribution in [3.05, 3.63) is 35.5 Å². The number of H-pyrrole nitrogens is 1. The molecule has 1 aliphatic rings. The summed E-state index contributed by atoms with van der Waals surface area (Å²) >= 11 is 0. The second kappa shape index (κ2) is 3.92. The molecule has 3 rings (SSSR count). The van der Waals surface area contributed by atoms with Gasteiger partial charge in [0, 0.05) is 36.2 Å². The quantitative estimate of drug-likeness (QED) is 0.729. The van der Waals surface area contributed by atoms with E-state index < -0.39 is 0 Å². The van der Waals surface area contributed by atoms with Gasteiger partial charge in [-0.2, -0.15) is 0 Å². The zero-order valence-corrected chi connectivity index (χ0v) is 9.29. The first-order chi connectivity index (χ1) is 7.86. The first-order valence-corrected chi connectivity index (χ1v) is 5.89. The number of rotatable bonds is 4. The number of nitrogens with two attached hydrogens (primary N) is 1. The molecule has 1 aromatic heterocycles. The van der Waals surface area contributed by atoms with Crippen molar-refractivity contribution in [3.8, 4) is 0 Å². The molecule has 84 valence electrons. The molecule has 3 heteroatoms. The van der Waals surface area contributed by atoms with Crippen LogP contribution in [0.4, 0.5) is 0 Å². The first-order valence-electron chi connectivity index (χ1n) is 5.89. The molecule has 0 saturated heterocycles. The maximum atomic E-state index is 5.67. The van der Waals surface area contributed by atoms with Gasteiger partial charge in [0.05, 0.1) is 0 Å². The highest BCUT2D eigenvalue weighted by Crippen LogP contribution is 2.23. The van der Waals surface area contributed by atoms with Gasteiger partial charge in [-0.15, -0.1) is 0 Å². The lowest BCUT2D eigenvalue weighted by atomic mass is 10.1. The molecule has 0 atom stereocenters. The Morgan fingerprint density at radius 1 is 1.38 bits per heavy atom. The van der Waals surface area contributed by atoms with Crippen LogP contribution in [0.3, 0.4) is 0 Å². The van der Waals surface area contributed by atoms with E-state index in [4.69, 9.17) is 5.73 Å². The first kappa shape index (κ1) is 9.87. The van der Waals surface area contributed by atoms with Crippen LogP contribution in [0.5, 0.6) is 0 Å². The highest BCUT2D eigenvalue weighted by Gasteiger charge is 2.20. The Bertz CT molecular complexity index is 497. The lowest BCUT2D eigenvalue weighted by molar-refractivity contribution is 0.691. The third-order valence-corrected chi connectivity index (χ3v) is 3.23. The minimum atomic E-state index is 0.608. The number of fused-ring (bicyclic) bond motifs is 1. The summed E-state index contributed by atoms with van der Waals surface area (Å²) in [6.45, 7) is 1.56. The molecule has 1 aromatic carbocycles. The summed E-state index contributed by atoms with van der Waals surface area (Å²) < 4.78 is 0. The minimum absolute atomic E-state index is 0.608. The van der Waals surface area contributed by atoms with E-state index in [-0.39, 0.29) is 0 Å². The van der Waals surface area contributed by atoms with E-state index >= 15 is 0 Å². The summed E-state index contributed by atoms with van der Waals surface area (Å²) in [5, 5.41) is 4.84. The fraction of sp³-hybridized carbons (Fsp3) is 0.385. The second-order valence-corrected chi connectivity index (χ2v) is 4.55. The molecular weight excluding hydrogens is 198 g/mol. The van der Waals surface area contributed by atoms with Gasteiger partial charge in [0.15, 0.2) is 0 Å². The van der Waals surface area contributed by atoms with Crippen molar-refractivity contribution in [3.63, 3.8) is 0 Å². The minimum Gasteiger partial charge on any atom is -0.361 e. The van der Waals surface area contributed by atoms with Gasteiger partial charge < -0.3 is 16.0 Å². The van der Waals surface area contributed by atoms with Crippen LogP contribution < -0.4 is 11.1 Å². The number of aromatic amines is 1. The van der Waals surface area contributed by atoms with Crippen molar-refractivity contribution in [2.45, 2.75) is 32.0 Å². The predicted molar refractivity (Wildman–Crippen MR) is 66.1 cm³/mol. The number of aromatic nitrogens is 1. The second-order valence-electron chi connectivity index (χ2n) is 4.55. The molecule has 2 aromatic rings. The molecule has 0 amide bonds. The summed E-state index contributed by atoms with van der Waals surface area (Å²) in [4.78, 5) is 3.30. The van der Waals surface area contributed by atoms with E-state index in [2.05, 4.69) is 34.7 Å². The van der Waals surface area contributed by atoms with Gasteiger partial charge in [-0.05, 0) is 36.1 Å². The Labute approximate surface area is 95.0 Å². The van der Waals surface area contributed by atoms with Crippen LogP contribution in [0, 0.1) is 0 Å². The van der Waals surface area contributed by atoms with E-state index in [9.17, 15) is 0 Å². The summed E-state index contributed by atoms with van der Waals surface area (Å²) in [6.07, 6.45) is 4.76. The largest absolute Gasteiger partial charge is 0.361 e. The van der Waals surface area contributed by atoms with E-state index in [0.29, 0.717) is 6.54 Å². The standard InChI is InChI=1S/C13H17N3/c14-6-9-1-4-13-12(5-9)10(8-16-13)7-15-11-2-3-11/h1,4-5,8,11,15-16H,2-3,6-7,14H2. The van der Waals surface area contributed by atoms with Gasteiger partial charge in [0.25, 0.3) is 0 Å². The zero-order valence-electron chi connectivity index (χ0n) is 9.29. The van der Waals surface area contributed by atoms with Gasteiger partial charge in [0.1, 0.15) is 0 Å². The van der Waals surface area contributed by atoms with Crippen LogP contribution in [0.15, 0.2) is 24.4 Å². The van der Waals surface area contributed by atoms with Crippen LogP contribution in [0.25, 0.3) is 10.9 Å². The van der Waals surface area contributed by atoms with Crippen molar-refractivity contribution in [1.29, 1.82) is 0 Å². The maximum absolute atomic E-state index is 5.67. The molecule has 1 fully saturated rings. The lowest BCUT2D eigenvalue weighted by Gasteiger charge is -2.02. The van der Waals surface area contributed by atoms with Gasteiger partial charge in [-0.3, -0.25) is 0 Å². The monoisotopic (exact) mass is 215 g/mol. The van der Waals surface area contributed by atoms with Gasteiger partial charge in [-0.1, -0.05) is 6.07 Å². The average molecular weight is 215 g/mol. The van der Waals surface area contributed by atoms with Crippen molar-refractivity contribution < 1.29 is 0 Å². The van der Waals surface area contributed by atoms with Crippen molar-refractivity contribution >= 4 is 10.9 Å². The number of nitrogens with one attached hydrogen (secondary N) is 2. The molecular formula is C13H17N3. The molecule has 0 unspecified atom stereocenters. The van der Waals surface area contributed by atoms with E-state index in [1.807, 2.05) is 0 Å². The summed E-state index contributed by atoms with van der Waals surface area (Å²) in [5.74, 6) is 0. The highest BCUT2D eigenvalue weighted by molar-refractivity contribution is 5.83. The maximum Gasteiger partial charge on any atom is 0.0457 e. The fourth-order valence-corrected chi connectivity index (χ4v) is 2.04. The van der Waals surface area contributed by atoms with Crippen LogP contribution >= 0.6 is 0 Å². The van der Waals surface area contributed by atoms with Crippen molar-refractivity contribution in [1.82, 2.24) is 10.3 Å². The molecule has 3 nitrogen and oxygen atoms in total. The number of hydrogen-bond acceptors (Lipinski definition) is 2. The molecule has 0 aliphatic heterocycles. The molecule has 0 bridgehead atoms. The molecule has 1 heterocycles. The molecule has 16 heavy (non-hydrogen) atoms. The predicted octanol–water partition coefficient (Wildman–Crippen LogP) is 1.88. The summed E-state index contributed by atoms with van der Waals surface area (Å²) in [7, 11) is 0. The Balaban J connectivity index is 1.89. The third-order valence-electron chi connectivity index (χ3n) is 3.23. The van der Waals surface area contributed by atoms with Crippen LogP contribution in [0.1, 0.15) is 24.0 Å². The summed E-state index contributed by atoms with van der Waals surface area (Å²) in [5.41, 5.74) is 9.40. The molecule has 0 spiro atoms. The normalized spacial score (nSPS) is 15.8. The molecule has 4 N–H and O–H groups in total. The van der Waals surface area contributed by atoms with Crippen molar-refractivity contribution in [2.24, 2.45) is 5.73 Å². The SMILES string of the molecule is NCc1ccc2[nH]cc(CNC3CC3)c2c1. The Kier molecular flexibility index (Phi) is 2.42. The molecule has 0 radical (unpaired) electrons. The lowest BCUT2D eigenvalue weighted by Crippen LogP contribution is -2.14. The number of benzene rings is 1. The smallest absolute Gasteiger partial charge is 0.0457 e. The fourth-order valence-electron chi connectivity index (χ4n) is 2.04. The Morgan fingerprint density at radius 2 is 2.25 bits per heavy atom. The molecule has 1 aliphatic carbocycles. The van der Waals surface area contributed by atoms with Crippen LogP contribution in [0.2, 0.25) is 0 Å². The Morgan fingerprint density at radius 3 is 3.00 bits per heavy atom. The van der Waals surface area contributed by atoms with Crippen LogP contribution in [-0.4, -0.2) is 11.0 Å². The molecule has 1 saturated carbocycles. The zero-order chi connectivity index (χ0) is 11.0. The Hall–Kier alpha value is -1.32. The van der Waals surface area contributed by atoms with E-state index in [1.165, 1.54) is 34.9 Å². The van der Waals surface area contributed by atoms with Gasteiger partial charge >= 0.3 is 0 Å². The van der Waals surface area contributed by atoms with E-state index in [1.54, 1.807) is 0 Å². The van der Waals surface area contributed by atoms with E-state index in [0.717, 1.165) is 12.6 Å².